The van der Waals surface area contributed by atoms with Crippen LogP contribution < -0.4 is 4.74 Å². The summed E-state index contributed by atoms with van der Waals surface area (Å²) in [6, 6.07) is 7.31. The van der Waals surface area contributed by atoms with E-state index in [2.05, 4.69) is 0 Å². The molecule has 14 heavy (non-hydrogen) atoms. The van der Waals surface area contributed by atoms with Crippen LogP contribution in [-0.4, -0.2) is 23.4 Å². The van der Waals surface area contributed by atoms with E-state index in [4.69, 9.17) is 14.9 Å². The van der Waals surface area contributed by atoms with Crippen molar-refractivity contribution >= 4 is 0 Å². The molecular formula is C11H18O3. The van der Waals surface area contributed by atoms with Gasteiger partial charge in [-0.05, 0) is 31.5 Å². The summed E-state index contributed by atoms with van der Waals surface area (Å²) in [5, 5.41) is 16.7. The van der Waals surface area contributed by atoms with Crippen LogP contribution in [0.2, 0.25) is 0 Å². The third kappa shape index (κ3) is 6.46. The number of methoxy groups -OCH3 is 1. The molecule has 0 bridgehead atoms. The molecule has 1 rings (SSSR count). The Balaban J connectivity index is 0.000000364. The Kier molecular flexibility index (Phi) is 6.80. The topological polar surface area (TPSA) is 49.7 Å². The minimum atomic E-state index is -0.167. The highest BCUT2D eigenvalue weighted by molar-refractivity contribution is 5.26. The predicted octanol–water partition coefficient (Wildman–Crippen LogP) is 1.57. The van der Waals surface area contributed by atoms with E-state index in [-0.39, 0.29) is 12.7 Å². The molecule has 1 aromatic rings. The Labute approximate surface area is 85.0 Å². The number of benzene rings is 1. The van der Waals surface area contributed by atoms with Gasteiger partial charge in [-0.2, -0.15) is 0 Å². The van der Waals surface area contributed by atoms with Gasteiger partial charge in [0.1, 0.15) is 5.75 Å². The smallest absolute Gasteiger partial charge is 0.118 e. The third-order valence-corrected chi connectivity index (χ3v) is 1.34. The van der Waals surface area contributed by atoms with Crippen molar-refractivity contribution in [1.82, 2.24) is 0 Å². The summed E-state index contributed by atoms with van der Waals surface area (Å²) in [5.41, 5.74) is 0.904. The van der Waals surface area contributed by atoms with Crippen molar-refractivity contribution in [3.05, 3.63) is 29.8 Å². The van der Waals surface area contributed by atoms with Crippen molar-refractivity contribution in [2.24, 2.45) is 0 Å². The molecule has 0 radical (unpaired) electrons. The molecule has 1 aromatic carbocycles. The maximum absolute atomic E-state index is 8.66. The summed E-state index contributed by atoms with van der Waals surface area (Å²) in [7, 11) is 1.62. The largest absolute Gasteiger partial charge is 0.497 e. The van der Waals surface area contributed by atoms with Crippen LogP contribution >= 0.6 is 0 Å². The van der Waals surface area contributed by atoms with Crippen molar-refractivity contribution in [2.75, 3.05) is 7.11 Å². The first-order valence-corrected chi connectivity index (χ1v) is 4.52. The molecule has 0 heterocycles. The van der Waals surface area contributed by atoms with Gasteiger partial charge in [0.25, 0.3) is 0 Å². The summed E-state index contributed by atoms with van der Waals surface area (Å²) < 4.78 is 4.93. The minimum Gasteiger partial charge on any atom is -0.497 e. The monoisotopic (exact) mass is 198 g/mol. The summed E-state index contributed by atoms with van der Waals surface area (Å²) in [6.07, 6.45) is -0.167. The van der Waals surface area contributed by atoms with E-state index in [0.29, 0.717) is 0 Å². The van der Waals surface area contributed by atoms with Crippen LogP contribution in [0, 0.1) is 0 Å². The molecule has 0 aliphatic carbocycles. The van der Waals surface area contributed by atoms with Gasteiger partial charge in [-0.3, -0.25) is 0 Å². The number of aliphatic hydroxyl groups is 2. The van der Waals surface area contributed by atoms with Gasteiger partial charge in [0.15, 0.2) is 0 Å². The molecule has 0 saturated heterocycles. The van der Waals surface area contributed by atoms with Gasteiger partial charge in [0, 0.05) is 6.10 Å². The average molecular weight is 198 g/mol. The van der Waals surface area contributed by atoms with Crippen LogP contribution in [0.25, 0.3) is 0 Å². The quantitative estimate of drug-likeness (QED) is 0.758. The van der Waals surface area contributed by atoms with Gasteiger partial charge in [-0.25, -0.2) is 0 Å². The number of ether oxygens (including phenoxy) is 1. The number of rotatable bonds is 2. The van der Waals surface area contributed by atoms with Crippen LogP contribution in [0.4, 0.5) is 0 Å². The summed E-state index contributed by atoms with van der Waals surface area (Å²) >= 11 is 0. The van der Waals surface area contributed by atoms with Gasteiger partial charge in [0.05, 0.1) is 13.7 Å². The second-order valence-corrected chi connectivity index (χ2v) is 3.10. The van der Waals surface area contributed by atoms with Crippen molar-refractivity contribution in [3.63, 3.8) is 0 Å². The lowest BCUT2D eigenvalue weighted by molar-refractivity contribution is 0.216. The van der Waals surface area contributed by atoms with Gasteiger partial charge >= 0.3 is 0 Å². The van der Waals surface area contributed by atoms with Crippen molar-refractivity contribution in [3.8, 4) is 5.75 Å². The lowest BCUT2D eigenvalue weighted by Gasteiger charge is -1.98. The van der Waals surface area contributed by atoms with Crippen molar-refractivity contribution in [1.29, 1.82) is 0 Å². The lowest BCUT2D eigenvalue weighted by Crippen LogP contribution is -1.85. The van der Waals surface area contributed by atoms with E-state index in [0.717, 1.165) is 11.3 Å². The molecule has 0 aliphatic rings. The van der Waals surface area contributed by atoms with Crippen LogP contribution in [-0.2, 0) is 6.61 Å². The predicted molar refractivity (Wildman–Crippen MR) is 56.3 cm³/mol. The Hall–Kier alpha value is -1.06. The zero-order valence-corrected chi connectivity index (χ0v) is 8.90. The molecule has 0 spiro atoms. The molecule has 0 aliphatic heterocycles. The molecule has 0 atom stereocenters. The fourth-order valence-corrected chi connectivity index (χ4v) is 0.731. The van der Waals surface area contributed by atoms with Gasteiger partial charge in [-0.1, -0.05) is 12.1 Å². The molecule has 3 heteroatoms. The fourth-order valence-electron chi connectivity index (χ4n) is 0.731. The van der Waals surface area contributed by atoms with Crippen LogP contribution in [0.15, 0.2) is 24.3 Å². The van der Waals surface area contributed by atoms with Gasteiger partial charge in [0.2, 0.25) is 0 Å². The number of hydrogen-bond donors (Lipinski definition) is 2. The molecule has 0 unspecified atom stereocenters. The van der Waals surface area contributed by atoms with Crippen molar-refractivity contribution < 1.29 is 14.9 Å². The standard InChI is InChI=1S/C8H10O2.C3H8O/c1-10-8-4-2-7(6-9)3-5-8;1-3(2)4/h2-5,9H,6H2,1H3;3-4H,1-2H3. The maximum atomic E-state index is 8.66. The lowest BCUT2D eigenvalue weighted by atomic mass is 10.2. The van der Waals surface area contributed by atoms with E-state index in [1.165, 1.54) is 0 Å². The van der Waals surface area contributed by atoms with E-state index in [1.807, 2.05) is 24.3 Å². The van der Waals surface area contributed by atoms with E-state index in [9.17, 15) is 0 Å². The minimum absolute atomic E-state index is 0.0873. The Morgan fingerprint density at radius 2 is 1.64 bits per heavy atom. The molecule has 0 fully saturated rings. The average Bonchev–Trinajstić information content (AvgIpc) is 2.17. The first-order chi connectivity index (χ1) is 6.60. The zero-order valence-electron chi connectivity index (χ0n) is 8.90. The Morgan fingerprint density at radius 1 is 1.21 bits per heavy atom. The van der Waals surface area contributed by atoms with Crippen LogP contribution in [0.3, 0.4) is 0 Å². The van der Waals surface area contributed by atoms with Gasteiger partial charge in [-0.15, -0.1) is 0 Å². The molecule has 0 amide bonds. The molecule has 80 valence electrons. The normalized spacial score (nSPS) is 9.29. The molecule has 3 nitrogen and oxygen atoms in total. The third-order valence-electron chi connectivity index (χ3n) is 1.34. The SMILES string of the molecule is CC(C)O.COc1ccc(CO)cc1. The molecule has 0 saturated carbocycles. The highest BCUT2D eigenvalue weighted by Gasteiger charge is 1.89. The van der Waals surface area contributed by atoms with Crippen LogP contribution in [0.5, 0.6) is 5.75 Å². The summed E-state index contributed by atoms with van der Waals surface area (Å²) in [6.45, 7) is 3.53. The second-order valence-electron chi connectivity index (χ2n) is 3.10. The second kappa shape index (κ2) is 7.35. The van der Waals surface area contributed by atoms with E-state index in [1.54, 1.807) is 21.0 Å². The van der Waals surface area contributed by atoms with Crippen molar-refractivity contribution in [2.45, 2.75) is 26.6 Å². The molecular weight excluding hydrogens is 180 g/mol. The highest BCUT2D eigenvalue weighted by Crippen LogP contribution is 2.10. The molecule has 0 aromatic heterocycles. The highest BCUT2D eigenvalue weighted by atomic mass is 16.5. The van der Waals surface area contributed by atoms with Crippen LogP contribution in [0.1, 0.15) is 19.4 Å². The first-order valence-electron chi connectivity index (χ1n) is 4.52. The van der Waals surface area contributed by atoms with E-state index >= 15 is 0 Å². The molecule has 2 N–H and O–H groups in total. The maximum Gasteiger partial charge on any atom is 0.118 e. The summed E-state index contributed by atoms with van der Waals surface area (Å²) in [5.74, 6) is 0.817. The fraction of sp³-hybridized carbons (Fsp3) is 0.455. The number of aliphatic hydroxyl groups excluding tert-OH is 2. The van der Waals surface area contributed by atoms with Gasteiger partial charge < -0.3 is 14.9 Å². The zero-order chi connectivity index (χ0) is 11.0. The Bertz CT molecular complexity index is 203. The Morgan fingerprint density at radius 3 is 1.93 bits per heavy atom. The number of hydrogen-bond acceptors (Lipinski definition) is 3. The summed E-state index contributed by atoms with van der Waals surface area (Å²) in [4.78, 5) is 0. The van der Waals surface area contributed by atoms with E-state index < -0.39 is 0 Å². The first kappa shape index (κ1) is 12.9.